The largest absolute Gasteiger partial charge is 0.534 e. The van der Waals surface area contributed by atoms with Crippen LogP contribution in [0.2, 0.25) is 0 Å². The summed E-state index contributed by atoms with van der Waals surface area (Å²) < 4.78 is 69.6. The molecule has 1 unspecified atom stereocenters. The van der Waals surface area contributed by atoms with Crippen LogP contribution in [0.15, 0.2) is 70.4 Å². The van der Waals surface area contributed by atoms with Crippen molar-refractivity contribution in [3.05, 3.63) is 76.6 Å². The van der Waals surface area contributed by atoms with Gasteiger partial charge in [0.15, 0.2) is 6.73 Å². The Morgan fingerprint density at radius 2 is 1.71 bits per heavy atom. The predicted octanol–water partition coefficient (Wildman–Crippen LogP) is 6.49. The van der Waals surface area contributed by atoms with Crippen LogP contribution in [0.25, 0.3) is 0 Å². The number of alkyl halides is 3. The zero-order valence-corrected chi connectivity index (χ0v) is 25.9. The number of ether oxygens (including phenoxy) is 1. The lowest BCUT2D eigenvalue weighted by atomic mass is 9.82. The van der Waals surface area contributed by atoms with Gasteiger partial charge in [0.2, 0.25) is 0 Å². The van der Waals surface area contributed by atoms with Gasteiger partial charge in [-0.25, -0.2) is 9.79 Å². The van der Waals surface area contributed by atoms with Crippen molar-refractivity contribution >= 4 is 58.0 Å². The molecular formula is C27H30ClF3IN3O5S. The molecule has 1 saturated carbocycles. The maximum atomic E-state index is 12.5. The molecule has 4 rings (SSSR count). The molecule has 1 heterocycles. The number of carbonyl (C=O) groups is 1. The molecule has 224 valence electrons. The van der Waals surface area contributed by atoms with Crippen molar-refractivity contribution in [1.29, 1.82) is 0 Å². The standard InChI is InChI=1S/C27H29ClF3N3O5S.HI/c1-2-23-24(28)25(32-16-34(23)17-38-26(35)20-6-4-3-5-7-20)33-21-12-8-18(9-13-21)19-10-14-22(15-11-19)39-40(36,37)27(29,30)31;/h3-7,10-11,14-16,18,21,23,33H,2,8-9,12-13,17H2,1H3;1H. The van der Waals surface area contributed by atoms with Crippen molar-refractivity contribution in [2.75, 3.05) is 6.73 Å². The summed E-state index contributed by atoms with van der Waals surface area (Å²) in [4.78, 5) is 18.6. The summed E-state index contributed by atoms with van der Waals surface area (Å²) in [5.41, 5.74) is -4.12. The van der Waals surface area contributed by atoms with E-state index in [1.807, 2.05) is 13.0 Å². The molecule has 1 N–H and O–H groups in total. The maximum absolute atomic E-state index is 12.5. The lowest BCUT2D eigenvalue weighted by molar-refractivity contribution is -0.0500. The SMILES string of the molecule is CCC1C(Cl)=C(NC2CCC(c3ccc(OS(=O)(=O)C(F)(F)F)cc3)CC2)N=CN1COC(=O)c1ccccc1.I. The zero-order valence-electron chi connectivity index (χ0n) is 22.0. The summed E-state index contributed by atoms with van der Waals surface area (Å²) >= 11 is 6.70. The van der Waals surface area contributed by atoms with Crippen LogP contribution >= 0.6 is 35.6 Å². The van der Waals surface area contributed by atoms with E-state index >= 15 is 0 Å². The van der Waals surface area contributed by atoms with Crippen LogP contribution in [0, 0.1) is 0 Å². The van der Waals surface area contributed by atoms with E-state index in [9.17, 15) is 26.4 Å². The topological polar surface area (TPSA) is 97.3 Å². The molecule has 14 heteroatoms. The summed E-state index contributed by atoms with van der Waals surface area (Å²) in [7, 11) is -5.70. The van der Waals surface area contributed by atoms with Crippen LogP contribution in [0.4, 0.5) is 13.2 Å². The Hall–Kier alpha value is -2.52. The van der Waals surface area contributed by atoms with E-state index in [1.165, 1.54) is 12.1 Å². The van der Waals surface area contributed by atoms with E-state index in [0.29, 0.717) is 22.8 Å². The quantitative estimate of drug-likeness (QED) is 0.137. The molecule has 1 fully saturated rings. The number of esters is 1. The van der Waals surface area contributed by atoms with Crippen LogP contribution < -0.4 is 9.50 Å². The van der Waals surface area contributed by atoms with E-state index in [2.05, 4.69) is 14.5 Å². The van der Waals surface area contributed by atoms with Crippen molar-refractivity contribution in [3.8, 4) is 5.75 Å². The van der Waals surface area contributed by atoms with E-state index in [4.69, 9.17) is 16.3 Å². The fourth-order valence-corrected chi connectivity index (χ4v) is 5.59. The van der Waals surface area contributed by atoms with Crippen molar-refractivity contribution < 1.29 is 35.3 Å². The van der Waals surface area contributed by atoms with Crippen molar-refractivity contribution in [1.82, 2.24) is 10.2 Å². The molecule has 1 aliphatic carbocycles. The normalized spacial score (nSPS) is 21.2. The Morgan fingerprint density at radius 1 is 1.07 bits per heavy atom. The third-order valence-corrected chi connectivity index (χ3v) is 8.31. The highest BCUT2D eigenvalue weighted by Gasteiger charge is 2.48. The number of hydrogen-bond acceptors (Lipinski definition) is 8. The highest BCUT2D eigenvalue weighted by atomic mass is 127. The Kier molecular flexibility index (Phi) is 11.3. The first-order valence-corrected chi connectivity index (χ1v) is 14.6. The average Bonchev–Trinajstić information content (AvgIpc) is 2.93. The third kappa shape index (κ3) is 8.28. The number of nitrogens with one attached hydrogen (secondary N) is 1. The summed E-state index contributed by atoms with van der Waals surface area (Å²) in [6.07, 6.45) is 5.54. The fourth-order valence-electron chi connectivity index (χ4n) is 4.75. The van der Waals surface area contributed by atoms with Gasteiger partial charge in [0.05, 0.1) is 23.0 Å². The molecule has 0 saturated heterocycles. The summed E-state index contributed by atoms with van der Waals surface area (Å²) in [5.74, 6) is -0.0699. The minimum atomic E-state index is -5.70. The Balaban J connectivity index is 0.00000462. The second kappa shape index (κ2) is 14.1. The average molecular weight is 728 g/mol. The molecule has 2 aliphatic rings. The van der Waals surface area contributed by atoms with Gasteiger partial charge in [0, 0.05) is 6.04 Å². The van der Waals surface area contributed by atoms with E-state index in [1.54, 1.807) is 47.6 Å². The van der Waals surface area contributed by atoms with Gasteiger partial charge in [-0.1, -0.05) is 48.9 Å². The first-order chi connectivity index (χ1) is 19.0. The van der Waals surface area contributed by atoms with Gasteiger partial charge in [-0.05, 0) is 67.9 Å². The van der Waals surface area contributed by atoms with Crippen LogP contribution in [-0.2, 0) is 14.9 Å². The third-order valence-electron chi connectivity index (χ3n) is 6.90. The highest BCUT2D eigenvalue weighted by Crippen LogP contribution is 2.35. The van der Waals surface area contributed by atoms with E-state index in [-0.39, 0.29) is 54.5 Å². The van der Waals surface area contributed by atoms with Gasteiger partial charge < -0.3 is 19.1 Å². The molecular weight excluding hydrogens is 698 g/mol. The van der Waals surface area contributed by atoms with Crippen LogP contribution in [-0.4, -0.2) is 49.9 Å². The van der Waals surface area contributed by atoms with E-state index in [0.717, 1.165) is 31.2 Å². The summed E-state index contributed by atoms with van der Waals surface area (Å²) in [6.45, 7) is 1.99. The molecule has 0 bridgehead atoms. The Labute approximate surface area is 259 Å². The summed E-state index contributed by atoms with van der Waals surface area (Å²) in [6, 6.07) is 14.3. The zero-order chi connectivity index (χ0) is 28.9. The van der Waals surface area contributed by atoms with E-state index < -0.39 is 21.6 Å². The second-order valence-corrected chi connectivity index (χ2v) is 11.5. The lowest BCUT2D eigenvalue weighted by Crippen LogP contribution is -2.42. The van der Waals surface area contributed by atoms with Gasteiger partial charge >= 0.3 is 21.6 Å². The minimum Gasteiger partial charge on any atom is -0.441 e. The first-order valence-electron chi connectivity index (χ1n) is 12.8. The number of halogens is 5. The minimum absolute atomic E-state index is 0. The van der Waals surface area contributed by atoms with Crippen molar-refractivity contribution in [3.63, 3.8) is 0 Å². The van der Waals surface area contributed by atoms with Gasteiger partial charge in [-0.15, -0.1) is 24.0 Å². The molecule has 2 aromatic carbocycles. The summed E-state index contributed by atoms with van der Waals surface area (Å²) in [5, 5.41) is 3.96. The Bertz CT molecular complexity index is 1350. The molecule has 0 amide bonds. The smallest absolute Gasteiger partial charge is 0.441 e. The fraction of sp³-hybridized carbons (Fsp3) is 0.407. The Morgan fingerprint density at radius 3 is 2.29 bits per heavy atom. The van der Waals surface area contributed by atoms with Crippen molar-refractivity contribution in [2.24, 2.45) is 4.99 Å². The number of carbonyl (C=O) groups excluding carboxylic acids is 1. The molecule has 0 spiro atoms. The lowest BCUT2D eigenvalue weighted by Gasteiger charge is -2.35. The van der Waals surface area contributed by atoms with Gasteiger partial charge in [-0.2, -0.15) is 21.6 Å². The second-order valence-electron chi connectivity index (χ2n) is 9.55. The molecule has 8 nitrogen and oxygen atoms in total. The molecule has 41 heavy (non-hydrogen) atoms. The predicted molar refractivity (Wildman–Crippen MR) is 160 cm³/mol. The number of nitrogens with zero attached hydrogens (tertiary/aromatic N) is 2. The van der Waals surface area contributed by atoms with Gasteiger partial charge in [0.25, 0.3) is 0 Å². The van der Waals surface area contributed by atoms with Crippen LogP contribution in [0.5, 0.6) is 5.75 Å². The van der Waals surface area contributed by atoms with Gasteiger partial charge in [-0.3, -0.25) is 0 Å². The number of benzene rings is 2. The highest BCUT2D eigenvalue weighted by molar-refractivity contribution is 14.0. The molecule has 0 radical (unpaired) electrons. The number of hydrogen-bond donors (Lipinski definition) is 1. The number of rotatable bonds is 9. The molecule has 1 atom stereocenters. The van der Waals surface area contributed by atoms with Crippen LogP contribution in [0.3, 0.4) is 0 Å². The first kappa shape index (κ1) is 33.0. The number of aliphatic imine (C=N–C) groups is 1. The molecule has 0 aromatic heterocycles. The molecule has 1 aliphatic heterocycles. The van der Waals surface area contributed by atoms with Gasteiger partial charge in [0.1, 0.15) is 11.6 Å². The molecule has 2 aromatic rings. The van der Waals surface area contributed by atoms with Crippen molar-refractivity contribution in [2.45, 2.75) is 62.5 Å². The monoisotopic (exact) mass is 727 g/mol. The van der Waals surface area contributed by atoms with Crippen LogP contribution in [0.1, 0.15) is 60.9 Å². The maximum Gasteiger partial charge on any atom is 0.534 e.